The van der Waals surface area contributed by atoms with Gasteiger partial charge in [-0.15, -0.1) is 0 Å². The molecule has 0 saturated carbocycles. The first-order valence-electron chi connectivity index (χ1n) is 5.77. The monoisotopic (exact) mass is 263 g/mol. The molecule has 2 rings (SSSR count). The number of carbonyl (C=O) groups is 2. The molecule has 0 aliphatic heterocycles. The van der Waals surface area contributed by atoms with Gasteiger partial charge in [0.05, 0.1) is 0 Å². The van der Waals surface area contributed by atoms with E-state index < -0.39 is 11.9 Å². The molecule has 19 heavy (non-hydrogen) atoms. The number of fused-ring (bicyclic) bond motifs is 1. The van der Waals surface area contributed by atoms with Gasteiger partial charge in [0, 0.05) is 29.6 Å². The van der Waals surface area contributed by atoms with Gasteiger partial charge >= 0.3 is 11.9 Å². The van der Waals surface area contributed by atoms with Crippen molar-refractivity contribution in [2.75, 3.05) is 0 Å². The van der Waals surface area contributed by atoms with E-state index in [4.69, 9.17) is 10.2 Å². The summed E-state index contributed by atoms with van der Waals surface area (Å²) in [4.78, 5) is 24.3. The zero-order valence-corrected chi connectivity index (χ0v) is 10.0. The van der Waals surface area contributed by atoms with E-state index in [9.17, 15) is 14.7 Å². The van der Waals surface area contributed by atoms with Crippen molar-refractivity contribution in [1.29, 1.82) is 0 Å². The molecule has 0 aliphatic carbocycles. The Kier molecular flexibility index (Phi) is 3.41. The maximum atomic E-state index is 11.0. The Hall–Kier alpha value is -2.50. The lowest BCUT2D eigenvalue weighted by molar-refractivity contribution is -0.137. The van der Waals surface area contributed by atoms with Crippen molar-refractivity contribution in [1.82, 2.24) is 4.98 Å². The molecule has 2 aromatic rings. The fraction of sp³-hybridized carbons (Fsp3) is 0.231. The van der Waals surface area contributed by atoms with Crippen LogP contribution < -0.4 is 0 Å². The number of aromatic nitrogens is 1. The molecule has 1 aromatic carbocycles. The number of aryl methyl sites for hydroxylation is 1. The number of aromatic amines is 1. The second kappa shape index (κ2) is 5.01. The first kappa shape index (κ1) is 12.9. The lowest BCUT2D eigenvalue weighted by Crippen LogP contribution is -1.97. The normalized spacial score (nSPS) is 10.7. The van der Waals surface area contributed by atoms with Gasteiger partial charge in [-0.1, -0.05) is 0 Å². The Morgan fingerprint density at radius 3 is 2.58 bits per heavy atom. The van der Waals surface area contributed by atoms with Gasteiger partial charge in [0.2, 0.25) is 0 Å². The zero-order chi connectivity index (χ0) is 14.0. The van der Waals surface area contributed by atoms with Crippen LogP contribution in [0.15, 0.2) is 18.3 Å². The highest BCUT2D eigenvalue weighted by molar-refractivity contribution is 5.97. The summed E-state index contributed by atoms with van der Waals surface area (Å²) < 4.78 is 0. The molecule has 4 N–H and O–H groups in total. The second-order valence-corrected chi connectivity index (χ2v) is 4.28. The van der Waals surface area contributed by atoms with Crippen molar-refractivity contribution in [3.05, 3.63) is 29.5 Å². The minimum atomic E-state index is -1.20. The highest BCUT2D eigenvalue weighted by Crippen LogP contribution is 2.27. The minimum Gasteiger partial charge on any atom is -0.507 e. The maximum absolute atomic E-state index is 11.0. The van der Waals surface area contributed by atoms with Crippen molar-refractivity contribution >= 4 is 22.8 Å². The molecular weight excluding hydrogens is 250 g/mol. The van der Waals surface area contributed by atoms with E-state index in [1.54, 1.807) is 6.20 Å². The number of aromatic hydroxyl groups is 1. The molecule has 100 valence electrons. The molecule has 0 unspecified atom stereocenters. The molecule has 6 heteroatoms. The van der Waals surface area contributed by atoms with Crippen LogP contribution in [0.2, 0.25) is 0 Å². The standard InChI is InChI=1S/C13H13NO5/c15-11-5-10-8(4-9(11)13(18)19)7(6-14-10)2-1-3-12(16)17/h4-6,14-15H,1-3H2,(H,16,17)(H,18,19). The van der Waals surface area contributed by atoms with Gasteiger partial charge in [0.25, 0.3) is 0 Å². The molecule has 0 radical (unpaired) electrons. The zero-order valence-electron chi connectivity index (χ0n) is 10.0. The summed E-state index contributed by atoms with van der Waals surface area (Å²) in [5.41, 5.74) is 1.32. The summed E-state index contributed by atoms with van der Waals surface area (Å²) in [5.74, 6) is -2.35. The summed E-state index contributed by atoms with van der Waals surface area (Å²) in [6.07, 6.45) is 2.79. The summed E-state index contributed by atoms with van der Waals surface area (Å²) in [6, 6.07) is 2.76. The molecule has 0 saturated heterocycles. The van der Waals surface area contributed by atoms with Gasteiger partial charge in [0.1, 0.15) is 11.3 Å². The van der Waals surface area contributed by atoms with E-state index >= 15 is 0 Å². The van der Waals surface area contributed by atoms with Crippen molar-refractivity contribution in [2.24, 2.45) is 0 Å². The second-order valence-electron chi connectivity index (χ2n) is 4.28. The third kappa shape index (κ3) is 2.67. The van der Waals surface area contributed by atoms with Crippen LogP contribution in [-0.2, 0) is 11.2 Å². The summed E-state index contributed by atoms with van der Waals surface area (Å²) >= 11 is 0. The summed E-state index contributed by atoms with van der Waals surface area (Å²) in [5, 5.41) is 27.8. The number of carboxylic acids is 2. The van der Waals surface area contributed by atoms with Gasteiger partial charge in [0.15, 0.2) is 0 Å². The summed E-state index contributed by atoms with van der Waals surface area (Å²) in [6.45, 7) is 0. The number of benzene rings is 1. The molecule has 0 spiro atoms. The van der Waals surface area contributed by atoms with Crippen LogP contribution in [0.5, 0.6) is 5.75 Å². The minimum absolute atomic E-state index is 0.0660. The molecule has 6 nitrogen and oxygen atoms in total. The van der Waals surface area contributed by atoms with Crippen LogP contribution in [0, 0.1) is 0 Å². The number of nitrogens with one attached hydrogen (secondary N) is 1. The highest BCUT2D eigenvalue weighted by Gasteiger charge is 2.13. The molecular formula is C13H13NO5. The van der Waals surface area contributed by atoms with Crippen LogP contribution in [-0.4, -0.2) is 32.2 Å². The fourth-order valence-corrected chi connectivity index (χ4v) is 2.02. The first-order valence-corrected chi connectivity index (χ1v) is 5.77. The predicted octanol–water partition coefficient (Wildman–Crippen LogP) is 1.98. The van der Waals surface area contributed by atoms with Gasteiger partial charge < -0.3 is 20.3 Å². The average molecular weight is 263 g/mol. The number of hydrogen-bond acceptors (Lipinski definition) is 3. The SMILES string of the molecule is O=C(O)CCCc1c[nH]c2cc(O)c(C(=O)O)cc12. The van der Waals surface area contributed by atoms with Crippen LogP contribution in [0.4, 0.5) is 0 Å². The van der Waals surface area contributed by atoms with Crippen LogP contribution >= 0.6 is 0 Å². The van der Waals surface area contributed by atoms with Gasteiger partial charge in [-0.3, -0.25) is 4.79 Å². The van der Waals surface area contributed by atoms with Crippen molar-refractivity contribution < 1.29 is 24.9 Å². The Balaban J connectivity index is 2.33. The molecule has 1 aromatic heterocycles. The molecule has 0 atom stereocenters. The Bertz CT molecular complexity index is 644. The molecule has 0 fully saturated rings. The number of rotatable bonds is 5. The first-order chi connectivity index (χ1) is 8.99. The number of hydrogen-bond donors (Lipinski definition) is 4. The average Bonchev–Trinajstić information content (AvgIpc) is 2.70. The summed E-state index contributed by atoms with van der Waals surface area (Å²) in [7, 11) is 0. The molecule has 0 bridgehead atoms. The van der Waals surface area contributed by atoms with Crippen molar-refractivity contribution in [3.8, 4) is 5.75 Å². The number of H-pyrrole nitrogens is 1. The van der Waals surface area contributed by atoms with Crippen LogP contribution in [0.25, 0.3) is 10.9 Å². The largest absolute Gasteiger partial charge is 0.507 e. The Morgan fingerprint density at radius 1 is 1.21 bits per heavy atom. The smallest absolute Gasteiger partial charge is 0.339 e. The molecule has 1 heterocycles. The molecule has 0 aliphatic rings. The third-order valence-electron chi connectivity index (χ3n) is 2.95. The number of aromatic carboxylic acids is 1. The van der Waals surface area contributed by atoms with E-state index in [1.807, 2.05) is 0 Å². The van der Waals surface area contributed by atoms with E-state index in [0.29, 0.717) is 23.7 Å². The fourth-order valence-electron chi connectivity index (χ4n) is 2.02. The Morgan fingerprint density at radius 2 is 1.95 bits per heavy atom. The lowest BCUT2D eigenvalue weighted by atomic mass is 10.0. The topological polar surface area (TPSA) is 111 Å². The van der Waals surface area contributed by atoms with Crippen molar-refractivity contribution in [2.45, 2.75) is 19.3 Å². The van der Waals surface area contributed by atoms with E-state index in [1.165, 1.54) is 12.1 Å². The van der Waals surface area contributed by atoms with E-state index in [-0.39, 0.29) is 17.7 Å². The van der Waals surface area contributed by atoms with Crippen LogP contribution in [0.1, 0.15) is 28.8 Å². The van der Waals surface area contributed by atoms with Gasteiger partial charge in [-0.2, -0.15) is 0 Å². The third-order valence-corrected chi connectivity index (χ3v) is 2.95. The quantitative estimate of drug-likeness (QED) is 0.659. The predicted molar refractivity (Wildman–Crippen MR) is 67.5 cm³/mol. The number of carboxylic acid groups (broad SMARTS) is 2. The lowest BCUT2D eigenvalue weighted by Gasteiger charge is -2.02. The van der Waals surface area contributed by atoms with Crippen LogP contribution in [0.3, 0.4) is 0 Å². The molecule has 0 amide bonds. The van der Waals surface area contributed by atoms with Gasteiger partial charge in [-0.05, 0) is 24.5 Å². The Labute approximate surface area is 108 Å². The van der Waals surface area contributed by atoms with E-state index in [2.05, 4.69) is 4.98 Å². The van der Waals surface area contributed by atoms with Crippen molar-refractivity contribution in [3.63, 3.8) is 0 Å². The van der Waals surface area contributed by atoms with E-state index in [0.717, 1.165) is 5.56 Å². The van der Waals surface area contributed by atoms with Gasteiger partial charge in [-0.25, -0.2) is 4.79 Å². The highest BCUT2D eigenvalue weighted by atomic mass is 16.4. The number of phenols is 1. The maximum Gasteiger partial charge on any atom is 0.339 e. The number of aliphatic carboxylic acids is 1.